The van der Waals surface area contributed by atoms with Crippen LogP contribution >= 0.6 is 11.3 Å². The fourth-order valence-corrected chi connectivity index (χ4v) is 3.11. The van der Waals surface area contributed by atoms with Gasteiger partial charge in [0.1, 0.15) is 11.6 Å². The van der Waals surface area contributed by atoms with Gasteiger partial charge in [0, 0.05) is 11.8 Å². The van der Waals surface area contributed by atoms with Crippen LogP contribution in [0, 0.1) is 25.2 Å². The van der Waals surface area contributed by atoms with E-state index in [0.29, 0.717) is 16.1 Å². The molecule has 0 aliphatic carbocycles. The highest BCUT2D eigenvalue weighted by molar-refractivity contribution is 7.16. The Balaban J connectivity index is 2.14. The van der Waals surface area contributed by atoms with Gasteiger partial charge in [-0.15, -0.1) is 11.3 Å². The van der Waals surface area contributed by atoms with E-state index >= 15 is 0 Å². The van der Waals surface area contributed by atoms with Gasteiger partial charge in [0.25, 0.3) is 0 Å². The third-order valence-corrected chi connectivity index (χ3v) is 4.45. The fourth-order valence-electron chi connectivity index (χ4n) is 2.02. The third-order valence-electron chi connectivity index (χ3n) is 3.33. The largest absolute Gasteiger partial charge is 0.457 e. The van der Waals surface area contributed by atoms with Gasteiger partial charge in [-0.2, -0.15) is 5.26 Å². The maximum absolute atomic E-state index is 12.4. The van der Waals surface area contributed by atoms with Gasteiger partial charge in [-0.25, -0.2) is 4.79 Å². The van der Waals surface area contributed by atoms with Crippen molar-refractivity contribution < 1.29 is 14.3 Å². The van der Waals surface area contributed by atoms with E-state index in [9.17, 15) is 9.59 Å². The zero-order valence-electron chi connectivity index (χ0n) is 13.1. The van der Waals surface area contributed by atoms with Crippen LogP contribution in [0.1, 0.15) is 38.8 Å². The first kappa shape index (κ1) is 16.7. The minimum absolute atomic E-state index is 0.110. The molecule has 1 aromatic heterocycles. The molecule has 1 heterocycles. The van der Waals surface area contributed by atoms with Gasteiger partial charge in [-0.1, -0.05) is 12.1 Å². The summed E-state index contributed by atoms with van der Waals surface area (Å²) in [6.07, 6.45) is 0. The summed E-state index contributed by atoms with van der Waals surface area (Å²) >= 11 is 1.36. The lowest BCUT2D eigenvalue weighted by atomic mass is 10.1. The van der Waals surface area contributed by atoms with Crippen LogP contribution < -0.4 is 5.32 Å². The number of hydrogen-bond donors (Lipinski definition) is 1. The van der Waals surface area contributed by atoms with Crippen molar-refractivity contribution in [2.24, 2.45) is 0 Å². The van der Waals surface area contributed by atoms with Gasteiger partial charge >= 0.3 is 5.97 Å². The average molecular weight is 328 g/mol. The molecule has 0 fully saturated rings. The van der Waals surface area contributed by atoms with E-state index in [-0.39, 0.29) is 12.5 Å². The maximum atomic E-state index is 12.4. The molecule has 1 N–H and O–H groups in total. The van der Waals surface area contributed by atoms with E-state index in [2.05, 4.69) is 5.32 Å². The van der Waals surface area contributed by atoms with Crippen LogP contribution in [0.5, 0.6) is 0 Å². The first-order chi connectivity index (χ1) is 10.9. The first-order valence-corrected chi connectivity index (χ1v) is 7.77. The second-order valence-electron chi connectivity index (χ2n) is 5.05. The van der Waals surface area contributed by atoms with E-state index in [4.69, 9.17) is 10.00 Å². The van der Waals surface area contributed by atoms with Gasteiger partial charge in [0.2, 0.25) is 5.91 Å². The molecule has 0 atom stereocenters. The van der Waals surface area contributed by atoms with Crippen molar-refractivity contribution in [3.05, 3.63) is 51.4 Å². The standard InChI is InChI=1S/C17H16N2O3S/c1-10-11(2)23-16(19-12(3)20)15(10)17(21)22-9-14-6-4-13(8-18)5-7-14/h4-7H,9H2,1-3H3,(H,19,20). The normalized spacial score (nSPS) is 10.0. The molecule has 0 saturated heterocycles. The number of amides is 1. The lowest BCUT2D eigenvalue weighted by Crippen LogP contribution is -2.11. The molecule has 6 heteroatoms. The fraction of sp³-hybridized carbons (Fsp3) is 0.235. The zero-order valence-corrected chi connectivity index (χ0v) is 13.9. The number of hydrogen-bond acceptors (Lipinski definition) is 5. The van der Waals surface area contributed by atoms with Crippen LogP contribution in [0.2, 0.25) is 0 Å². The number of benzene rings is 1. The van der Waals surface area contributed by atoms with E-state index in [1.165, 1.54) is 18.3 Å². The number of nitriles is 1. The van der Waals surface area contributed by atoms with Gasteiger partial charge in [0.05, 0.1) is 17.2 Å². The number of esters is 1. The maximum Gasteiger partial charge on any atom is 0.341 e. The van der Waals surface area contributed by atoms with Crippen LogP contribution in [0.15, 0.2) is 24.3 Å². The van der Waals surface area contributed by atoms with Gasteiger partial charge in [-0.05, 0) is 37.1 Å². The van der Waals surface area contributed by atoms with E-state index in [0.717, 1.165) is 16.0 Å². The molecule has 2 rings (SSSR count). The molecule has 118 valence electrons. The number of nitrogens with zero attached hydrogens (tertiary/aromatic N) is 1. The molecule has 0 aliphatic rings. The summed E-state index contributed by atoms with van der Waals surface area (Å²) in [5.41, 5.74) is 2.56. The van der Waals surface area contributed by atoms with Crippen LogP contribution in [0.3, 0.4) is 0 Å². The smallest absolute Gasteiger partial charge is 0.341 e. The van der Waals surface area contributed by atoms with E-state index in [1.807, 2.05) is 19.9 Å². The number of nitrogens with one attached hydrogen (secondary N) is 1. The van der Waals surface area contributed by atoms with E-state index < -0.39 is 5.97 Å². The highest BCUT2D eigenvalue weighted by atomic mass is 32.1. The minimum atomic E-state index is -0.472. The van der Waals surface area contributed by atoms with Crippen molar-refractivity contribution in [3.63, 3.8) is 0 Å². The van der Waals surface area contributed by atoms with Crippen molar-refractivity contribution in [3.8, 4) is 6.07 Å². The molecular weight excluding hydrogens is 312 g/mol. The van der Waals surface area contributed by atoms with Gasteiger partial charge < -0.3 is 10.1 Å². The number of thiophene rings is 1. The lowest BCUT2D eigenvalue weighted by molar-refractivity contribution is -0.114. The topological polar surface area (TPSA) is 79.2 Å². The first-order valence-electron chi connectivity index (χ1n) is 6.96. The summed E-state index contributed by atoms with van der Waals surface area (Å²) < 4.78 is 5.34. The van der Waals surface area contributed by atoms with Crippen LogP contribution in [0.4, 0.5) is 5.00 Å². The molecule has 1 amide bonds. The van der Waals surface area contributed by atoms with Crippen molar-refractivity contribution in [2.45, 2.75) is 27.4 Å². The summed E-state index contributed by atoms with van der Waals surface area (Å²) in [5.74, 6) is -0.702. The van der Waals surface area contributed by atoms with Gasteiger partial charge in [-0.3, -0.25) is 4.79 Å². The lowest BCUT2D eigenvalue weighted by Gasteiger charge is -2.07. The Morgan fingerprint density at radius 3 is 2.48 bits per heavy atom. The number of rotatable bonds is 4. The molecule has 1 aromatic carbocycles. The summed E-state index contributed by atoms with van der Waals surface area (Å²) in [4.78, 5) is 24.6. The predicted molar refractivity (Wildman–Crippen MR) is 88.4 cm³/mol. The summed E-state index contributed by atoms with van der Waals surface area (Å²) in [6.45, 7) is 5.23. The molecule has 0 unspecified atom stereocenters. The molecule has 0 aliphatic heterocycles. The zero-order chi connectivity index (χ0) is 17.0. The Hall–Kier alpha value is -2.65. The SMILES string of the molecule is CC(=O)Nc1sc(C)c(C)c1C(=O)OCc1ccc(C#N)cc1. The molecule has 2 aromatic rings. The van der Waals surface area contributed by atoms with Crippen LogP contribution in [0.25, 0.3) is 0 Å². The summed E-state index contributed by atoms with van der Waals surface area (Å²) in [7, 11) is 0. The Morgan fingerprint density at radius 1 is 1.26 bits per heavy atom. The quantitative estimate of drug-likeness (QED) is 0.870. The summed E-state index contributed by atoms with van der Waals surface area (Å²) in [6, 6.07) is 8.86. The number of ether oxygens (including phenoxy) is 1. The predicted octanol–water partition coefficient (Wildman–Crippen LogP) is 3.55. The number of anilines is 1. The van der Waals surface area contributed by atoms with Crippen molar-refractivity contribution in [1.29, 1.82) is 5.26 Å². The van der Waals surface area contributed by atoms with Crippen molar-refractivity contribution >= 4 is 28.2 Å². The minimum Gasteiger partial charge on any atom is -0.457 e. The van der Waals surface area contributed by atoms with Crippen LogP contribution in [-0.4, -0.2) is 11.9 Å². The Kier molecular flexibility index (Phi) is 5.14. The number of carbonyl (C=O) groups excluding carboxylic acids is 2. The van der Waals surface area contributed by atoms with Crippen LogP contribution in [-0.2, 0) is 16.1 Å². The van der Waals surface area contributed by atoms with Gasteiger partial charge in [0.15, 0.2) is 0 Å². The highest BCUT2D eigenvalue weighted by Gasteiger charge is 2.21. The molecule has 0 saturated carbocycles. The Labute approximate surface area is 138 Å². The molecule has 0 spiro atoms. The Bertz CT molecular complexity index is 785. The number of carbonyl (C=O) groups is 2. The second-order valence-corrected chi connectivity index (χ2v) is 6.28. The summed E-state index contributed by atoms with van der Waals surface area (Å²) in [5, 5.41) is 11.9. The monoisotopic (exact) mass is 328 g/mol. The molecule has 5 nitrogen and oxygen atoms in total. The molecule has 23 heavy (non-hydrogen) atoms. The second kappa shape index (κ2) is 7.07. The molecular formula is C17H16N2O3S. The van der Waals surface area contributed by atoms with Crippen molar-refractivity contribution in [1.82, 2.24) is 0 Å². The van der Waals surface area contributed by atoms with Crippen molar-refractivity contribution in [2.75, 3.05) is 5.32 Å². The molecule has 0 radical (unpaired) electrons. The van der Waals surface area contributed by atoms with E-state index in [1.54, 1.807) is 24.3 Å². The molecule has 0 bridgehead atoms. The Morgan fingerprint density at radius 2 is 1.91 bits per heavy atom. The number of aryl methyl sites for hydroxylation is 1. The highest BCUT2D eigenvalue weighted by Crippen LogP contribution is 2.33. The third kappa shape index (κ3) is 3.96. The average Bonchev–Trinajstić information content (AvgIpc) is 2.79.